The molecule has 3 heteroatoms. The molecule has 70 valence electrons. The zero-order valence-corrected chi connectivity index (χ0v) is 7.60. The molecule has 2 rings (SSSR count). The SMILES string of the molecule is CN1C[C@@H](CO)Oc2ccccc21. The van der Waals surface area contributed by atoms with E-state index in [1.54, 1.807) is 0 Å². The fourth-order valence-electron chi connectivity index (χ4n) is 1.59. The molecule has 0 radical (unpaired) electrons. The van der Waals surface area contributed by atoms with Crippen LogP contribution >= 0.6 is 0 Å². The van der Waals surface area contributed by atoms with Crippen molar-refractivity contribution in [3.05, 3.63) is 24.3 Å². The van der Waals surface area contributed by atoms with E-state index in [1.165, 1.54) is 0 Å². The first-order valence-electron chi connectivity index (χ1n) is 4.39. The second-order valence-corrected chi connectivity index (χ2v) is 3.27. The van der Waals surface area contributed by atoms with E-state index in [1.807, 2.05) is 31.3 Å². The van der Waals surface area contributed by atoms with Crippen molar-refractivity contribution in [1.82, 2.24) is 0 Å². The molecule has 1 aliphatic rings. The van der Waals surface area contributed by atoms with Crippen LogP contribution in [-0.2, 0) is 0 Å². The van der Waals surface area contributed by atoms with Crippen LogP contribution in [0.25, 0.3) is 0 Å². The summed E-state index contributed by atoms with van der Waals surface area (Å²) >= 11 is 0. The molecule has 0 aromatic heterocycles. The van der Waals surface area contributed by atoms with Gasteiger partial charge in [0, 0.05) is 7.05 Å². The molecule has 0 aliphatic carbocycles. The molecule has 1 aliphatic heterocycles. The molecule has 0 saturated heterocycles. The van der Waals surface area contributed by atoms with E-state index in [4.69, 9.17) is 9.84 Å². The molecular weight excluding hydrogens is 166 g/mol. The van der Waals surface area contributed by atoms with Crippen molar-refractivity contribution in [3.63, 3.8) is 0 Å². The number of rotatable bonds is 1. The van der Waals surface area contributed by atoms with Gasteiger partial charge < -0.3 is 14.7 Å². The van der Waals surface area contributed by atoms with E-state index >= 15 is 0 Å². The summed E-state index contributed by atoms with van der Waals surface area (Å²) in [7, 11) is 2.00. The van der Waals surface area contributed by atoms with Crippen LogP contribution in [0.4, 0.5) is 5.69 Å². The molecule has 0 unspecified atom stereocenters. The molecular formula is C10H13NO2. The Hall–Kier alpha value is -1.22. The van der Waals surface area contributed by atoms with E-state index in [2.05, 4.69) is 4.90 Å². The van der Waals surface area contributed by atoms with Crippen LogP contribution in [-0.4, -0.2) is 31.4 Å². The second-order valence-electron chi connectivity index (χ2n) is 3.27. The number of fused-ring (bicyclic) bond motifs is 1. The number of aliphatic hydroxyl groups is 1. The maximum atomic E-state index is 8.98. The third-order valence-electron chi connectivity index (χ3n) is 2.25. The Morgan fingerprint density at radius 3 is 3.08 bits per heavy atom. The molecule has 1 aromatic carbocycles. The lowest BCUT2D eigenvalue weighted by Crippen LogP contribution is -2.39. The van der Waals surface area contributed by atoms with Gasteiger partial charge in [0.25, 0.3) is 0 Å². The monoisotopic (exact) mass is 179 g/mol. The average molecular weight is 179 g/mol. The van der Waals surface area contributed by atoms with E-state index in [0.29, 0.717) is 0 Å². The van der Waals surface area contributed by atoms with Gasteiger partial charge >= 0.3 is 0 Å². The molecule has 13 heavy (non-hydrogen) atoms. The van der Waals surface area contributed by atoms with Crippen LogP contribution < -0.4 is 9.64 Å². The van der Waals surface area contributed by atoms with Gasteiger partial charge in [-0.1, -0.05) is 12.1 Å². The van der Waals surface area contributed by atoms with Gasteiger partial charge in [0.15, 0.2) is 0 Å². The molecule has 1 atom stereocenters. The molecule has 1 aromatic rings. The van der Waals surface area contributed by atoms with E-state index in [0.717, 1.165) is 18.0 Å². The van der Waals surface area contributed by atoms with Crippen LogP contribution in [0.2, 0.25) is 0 Å². The molecule has 0 bridgehead atoms. The third-order valence-corrected chi connectivity index (χ3v) is 2.25. The smallest absolute Gasteiger partial charge is 0.143 e. The fraction of sp³-hybridized carbons (Fsp3) is 0.400. The Bertz CT molecular complexity index is 301. The van der Waals surface area contributed by atoms with Gasteiger partial charge in [0.2, 0.25) is 0 Å². The summed E-state index contributed by atoms with van der Waals surface area (Å²) in [5, 5.41) is 8.98. The average Bonchev–Trinajstić information content (AvgIpc) is 2.18. The van der Waals surface area contributed by atoms with Crippen molar-refractivity contribution >= 4 is 5.69 Å². The Morgan fingerprint density at radius 1 is 1.54 bits per heavy atom. The molecule has 0 fully saturated rings. The van der Waals surface area contributed by atoms with Crippen molar-refractivity contribution in [1.29, 1.82) is 0 Å². The normalized spacial score (nSPS) is 20.8. The van der Waals surface area contributed by atoms with Crippen LogP contribution in [0.15, 0.2) is 24.3 Å². The highest BCUT2D eigenvalue weighted by Crippen LogP contribution is 2.31. The largest absolute Gasteiger partial charge is 0.484 e. The van der Waals surface area contributed by atoms with Gasteiger partial charge in [-0.2, -0.15) is 0 Å². The number of aliphatic hydroxyl groups excluding tert-OH is 1. The maximum absolute atomic E-state index is 8.98. The first-order chi connectivity index (χ1) is 6.31. The van der Waals surface area contributed by atoms with E-state index < -0.39 is 0 Å². The summed E-state index contributed by atoms with van der Waals surface area (Å²) in [6.07, 6.45) is -0.0973. The Kier molecular flexibility index (Phi) is 2.10. The van der Waals surface area contributed by atoms with Crippen molar-refractivity contribution < 1.29 is 9.84 Å². The standard InChI is InChI=1S/C10H13NO2/c1-11-6-8(7-12)13-10-5-3-2-4-9(10)11/h2-5,8,12H,6-7H2,1H3/t8-/m0/s1. The molecule has 3 nitrogen and oxygen atoms in total. The van der Waals surface area contributed by atoms with Crippen LogP contribution in [0, 0.1) is 0 Å². The summed E-state index contributed by atoms with van der Waals surface area (Å²) in [5.74, 6) is 0.857. The topological polar surface area (TPSA) is 32.7 Å². The highest BCUT2D eigenvalue weighted by molar-refractivity contribution is 5.59. The van der Waals surface area contributed by atoms with Crippen molar-refractivity contribution in [2.24, 2.45) is 0 Å². The number of benzene rings is 1. The third kappa shape index (κ3) is 1.47. The molecule has 1 N–H and O–H groups in total. The molecule has 1 heterocycles. The van der Waals surface area contributed by atoms with Crippen LogP contribution in [0.3, 0.4) is 0 Å². The summed E-state index contributed by atoms with van der Waals surface area (Å²) in [5.41, 5.74) is 1.09. The Labute approximate surface area is 77.6 Å². The molecule has 0 spiro atoms. The van der Waals surface area contributed by atoms with Gasteiger partial charge in [-0.3, -0.25) is 0 Å². The van der Waals surface area contributed by atoms with Crippen LogP contribution in [0.1, 0.15) is 0 Å². The number of para-hydroxylation sites is 2. The predicted molar refractivity (Wildman–Crippen MR) is 51.2 cm³/mol. The zero-order valence-electron chi connectivity index (χ0n) is 7.60. The Balaban J connectivity index is 2.31. The predicted octanol–water partition coefficient (Wildman–Crippen LogP) is 0.876. The lowest BCUT2D eigenvalue weighted by Gasteiger charge is -2.32. The van der Waals surface area contributed by atoms with E-state index in [-0.39, 0.29) is 12.7 Å². The zero-order chi connectivity index (χ0) is 9.26. The minimum atomic E-state index is -0.0973. The van der Waals surface area contributed by atoms with Crippen molar-refractivity contribution in [2.45, 2.75) is 6.10 Å². The van der Waals surface area contributed by atoms with Crippen molar-refractivity contribution in [2.75, 3.05) is 25.1 Å². The first-order valence-corrected chi connectivity index (χ1v) is 4.39. The number of likely N-dealkylation sites (N-methyl/N-ethyl adjacent to an activating group) is 1. The number of hydrogen-bond acceptors (Lipinski definition) is 3. The number of anilines is 1. The van der Waals surface area contributed by atoms with Gasteiger partial charge in [-0.25, -0.2) is 0 Å². The Morgan fingerprint density at radius 2 is 2.31 bits per heavy atom. The van der Waals surface area contributed by atoms with Crippen molar-refractivity contribution in [3.8, 4) is 5.75 Å². The van der Waals surface area contributed by atoms with Gasteiger partial charge in [0.05, 0.1) is 18.8 Å². The van der Waals surface area contributed by atoms with Gasteiger partial charge in [-0.05, 0) is 12.1 Å². The second kappa shape index (κ2) is 3.26. The number of hydrogen-bond donors (Lipinski definition) is 1. The lowest BCUT2D eigenvalue weighted by molar-refractivity contribution is 0.113. The fourth-order valence-corrected chi connectivity index (χ4v) is 1.59. The summed E-state index contributed by atoms with van der Waals surface area (Å²) in [6.45, 7) is 0.812. The highest BCUT2D eigenvalue weighted by atomic mass is 16.5. The lowest BCUT2D eigenvalue weighted by atomic mass is 10.2. The highest BCUT2D eigenvalue weighted by Gasteiger charge is 2.21. The number of nitrogens with zero attached hydrogens (tertiary/aromatic N) is 1. The minimum absolute atomic E-state index is 0.0681. The van der Waals surface area contributed by atoms with Gasteiger partial charge in [-0.15, -0.1) is 0 Å². The summed E-state index contributed by atoms with van der Waals surface area (Å²) in [4.78, 5) is 2.10. The number of ether oxygens (including phenoxy) is 1. The van der Waals surface area contributed by atoms with Gasteiger partial charge in [0.1, 0.15) is 11.9 Å². The van der Waals surface area contributed by atoms with E-state index in [9.17, 15) is 0 Å². The molecule has 0 saturated carbocycles. The minimum Gasteiger partial charge on any atom is -0.484 e. The maximum Gasteiger partial charge on any atom is 0.143 e. The summed E-state index contributed by atoms with van der Waals surface area (Å²) in [6, 6.07) is 7.86. The summed E-state index contributed by atoms with van der Waals surface area (Å²) < 4.78 is 5.56. The first kappa shape index (κ1) is 8.38. The van der Waals surface area contributed by atoms with Crippen LogP contribution in [0.5, 0.6) is 5.75 Å². The quantitative estimate of drug-likeness (QED) is 0.694. The molecule has 0 amide bonds.